The van der Waals surface area contributed by atoms with E-state index in [0.29, 0.717) is 32.4 Å². The molecule has 1 heterocycles. The highest BCUT2D eigenvalue weighted by Gasteiger charge is 2.19. The maximum atomic E-state index is 11.9. The molecule has 1 aromatic rings. The molecule has 1 saturated heterocycles. The molecule has 0 bridgehead atoms. The molecule has 1 fully saturated rings. The van der Waals surface area contributed by atoms with Gasteiger partial charge in [-0.3, -0.25) is 9.59 Å². The van der Waals surface area contributed by atoms with Gasteiger partial charge < -0.3 is 4.90 Å². The van der Waals surface area contributed by atoms with Crippen molar-refractivity contribution in [2.24, 2.45) is 0 Å². The summed E-state index contributed by atoms with van der Waals surface area (Å²) in [4.78, 5) is 24.9. The Hall–Kier alpha value is -1.64. The number of unbranched alkanes of at least 4 members (excludes halogenated alkanes) is 1. The lowest BCUT2D eigenvalue weighted by Crippen LogP contribution is -2.38. The van der Waals surface area contributed by atoms with Crippen molar-refractivity contribution in [2.45, 2.75) is 38.5 Å². The maximum Gasteiger partial charge on any atom is 0.222 e. The molecule has 1 aliphatic heterocycles. The Labute approximate surface area is 114 Å². The summed E-state index contributed by atoms with van der Waals surface area (Å²) < 4.78 is 0. The molecule has 0 atom stereocenters. The number of nitrogens with zero attached hydrogens (tertiary/aromatic N) is 1. The summed E-state index contributed by atoms with van der Waals surface area (Å²) in [7, 11) is 0. The Bertz CT molecular complexity index is 418. The molecule has 0 aromatic heterocycles. The third kappa shape index (κ3) is 4.51. The van der Waals surface area contributed by atoms with Gasteiger partial charge in [-0.2, -0.15) is 0 Å². The van der Waals surface area contributed by atoms with Gasteiger partial charge in [-0.1, -0.05) is 30.3 Å². The van der Waals surface area contributed by atoms with Crippen LogP contribution in [0.4, 0.5) is 0 Å². The van der Waals surface area contributed by atoms with Crippen LogP contribution in [0.3, 0.4) is 0 Å². The number of Topliss-reactive ketones (excluding diaryl/α,β-unsaturated/α-hetero) is 1. The highest BCUT2D eigenvalue weighted by atomic mass is 16.2. The summed E-state index contributed by atoms with van der Waals surface area (Å²) in [6.45, 7) is 1.24. The van der Waals surface area contributed by atoms with Crippen molar-refractivity contribution in [3.05, 3.63) is 35.9 Å². The molecular weight excluding hydrogens is 238 g/mol. The predicted molar refractivity (Wildman–Crippen MR) is 74.8 cm³/mol. The zero-order valence-corrected chi connectivity index (χ0v) is 11.3. The van der Waals surface area contributed by atoms with Crippen molar-refractivity contribution in [1.82, 2.24) is 4.90 Å². The molecule has 3 heteroatoms. The minimum Gasteiger partial charge on any atom is -0.342 e. The van der Waals surface area contributed by atoms with Gasteiger partial charge in [0.25, 0.3) is 0 Å². The molecule has 102 valence electrons. The van der Waals surface area contributed by atoms with Crippen LogP contribution in [0.1, 0.15) is 37.7 Å². The van der Waals surface area contributed by atoms with E-state index in [1.54, 1.807) is 0 Å². The molecule has 0 radical (unpaired) electrons. The molecule has 0 aliphatic carbocycles. The predicted octanol–water partition coefficient (Wildman–Crippen LogP) is 2.59. The number of carbonyl (C=O) groups is 2. The van der Waals surface area contributed by atoms with Gasteiger partial charge in [0.1, 0.15) is 5.78 Å². The quantitative estimate of drug-likeness (QED) is 0.762. The van der Waals surface area contributed by atoms with Gasteiger partial charge in [0.15, 0.2) is 0 Å². The lowest BCUT2D eigenvalue weighted by Gasteiger charge is -2.26. The molecule has 19 heavy (non-hydrogen) atoms. The monoisotopic (exact) mass is 259 g/mol. The highest BCUT2D eigenvalue weighted by Crippen LogP contribution is 2.11. The first-order valence-corrected chi connectivity index (χ1v) is 7.09. The fraction of sp³-hybridized carbons (Fsp3) is 0.500. The summed E-state index contributed by atoms with van der Waals surface area (Å²) in [6, 6.07) is 10.4. The zero-order valence-electron chi connectivity index (χ0n) is 11.3. The Kier molecular flexibility index (Phi) is 5.13. The number of carbonyl (C=O) groups excluding carboxylic acids is 2. The van der Waals surface area contributed by atoms with Crippen LogP contribution in [-0.4, -0.2) is 29.7 Å². The summed E-state index contributed by atoms with van der Waals surface area (Å²) in [5, 5.41) is 0. The molecule has 1 aliphatic rings. The Morgan fingerprint density at radius 3 is 2.42 bits per heavy atom. The standard InChI is InChI=1S/C16H21NO2/c18-15-10-12-17(13-11-15)16(19)9-5-4-8-14-6-2-1-3-7-14/h1-3,6-7H,4-5,8-13H2. The van der Waals surface area contributed by atoms with Gasteiger partial charge in [-0.15, -0.1) is 0 Å². The van der Waals surface area contributed by atoms with E-state index < -0.39 is 0 Å². The third-order valence-corrected chi connectivity index (χ3v) is 3.62. The average molecular weight is 259 g/mol. The molecule has 1 amide bonds. The average Bonchev–Trinajstić information content (AvgIpc) is 2.45. The summed E-state index contributed by atoms with van der Waals surface area (Å²) >= 11 is 0. The van der Waals surface area contributed by atoms with Crippen molar-refractivity contribution in [3.8, 4) is 0 Å². The number of ketones is 1. The molecule has 0 saturated carbocycles. The lowest BCUT2D eigenvalue weighted by atomic mass is 10.1. The van der Waals surface area contributed by atoms with Crippen molar-refractivity contribution >= 4 is 11.7 Å². The first kappa shape index (κ1) is 13.8. The minimum absolute atomic E-state index is 0.209. The smallest absolute Gasteiger partial charge is 0.222 e. The van der Waals surface area contributed by atoms with E-state index >= 15 is 0 Å². The lowest BCUT2D eigenvalue weighted by molar-refractivity contribution is -0.134. The molecule has 2 rings (SSSR count). The second kappa shape index (κ2) is 7.07. The van der Waals surface area contributed by atoms with Gasteiger partial charge in [0.05, 0.1) is 0 Å². The van der Waals surface area contributed by atoms with E-state index in [2.05, 4.69) is 12.1 Å². The van der Waals surface area contributed by atoms with Gasteiger partial charge >= 0.3 is 0 Å². The first-order valence-electron chi connectivity index (χ1n) is 7.09. The van der Waals surface area contributed by atoms with Crippen LogP contribution < -0.4 is 0 Å². The van der Waals surface area contributed by atoms with Crippen LogP contribution in [0.2, 0.25) is 0 Å². The van der Waals surface area contributed by atoms with Crippen LogP contribution in [0.25, 0.3) is 0 Å². The van der Waals surface area contributed by atoms with E-state index in [9.17, 15) is 9.59 Å². The van der Waals surface area contributed by atoms with E-state index in [0.717, 1.165) is 19.3 Å². The fourth-order valence-electron chi connectivity index (χ4n) is 2.41. The SMILES string of the molecule is O=C1CCN(C(=O)CCCCc2ccccc2)CC1. The van der Waals surface area contributed by atoms with Gasteiger partial charge in [0.2, 0.25) is 5.91 Å². The molecule has 0 spiro atoms. The Morgan fingerprint density at radius 1 is 1.05 bits per heavy atom. The van der Waals surface area contributed by atoms with Crippen molar-refractivity contribution < 1.29 is 9.59 Å². The third-order valence-electron chi connectivity index (χ3n) is 3.62. The van der Waals surface area contributed by atoms with E-state index in [1.807, 2.05) is 23.1 Å². The van der Waals surface area contributed by atoms with E-state index in [1.165, 1.54) is 5.56 Å². The zero-order chi connectivity index (χ0) is 13.5. The van der Waals surface area contributed by atoms with Crippen LogP contribution >= 0.6 is 0 Å². The molecular formula is C16H21NO2. The number of rotatable bonds is 5. The number of benzene rings is 1. The number of piperidine rings is 1. The highest BCUT2D eigenvalue weighted by molar-refractivity contribution is 5.83. The number of amides is 1. The van der Waals surface area contributed by atoms with Crippen LogP contribution in [0.15, 0.2) is 30.3 Å². The maximum absolute atomic E-state index is 11.9. The molecule has 1 aromatic carbocycles. The number of hydrogen-bond acceptors (Lipinski definition) is 2. The van der Waals surface area contributed by atoms with Crippen molar-refractivity contribution in [1.29, 1.82) is 0 Å². The van der Waals surface area contributed by atoms with Gasteiger partial charge in [-0.25, -0.2) is 0 Å². The summed E-state index contributed by atoms with van der Waals surface area (Å²) in [5.41, 5.74) is 1.33. The summed E-state index contributed by atoms with van der Waals surface area (Å²) in [5.74, 6) is 0.494. The van der Waals surface area contributed by atoms with E-state index in [-0.39, 0.29) is 11.7 Å². The molecule has 0 N–H and O–H groups in total. The van der Waals surface area contributed by atoms with Crippen LogP contribution in [0.5, 0.6) is 0 Å². The topological polar surface area (TPSA) is 37.4 Å². The fourth-order valence-corrected chi connectivity index (χ4v) is 2.41. The second-order valence-corrected chi connectivity index (χ2v) is 5.11. The normalized spacial score (nSPS) is 15.6. The second-order valence-electron chi connectivity index (χ2n) is 5.11. The number of hydrogen-bond donors (Lipinski definition) is 0. The van der Waals surface area contributed by atoms with E-state index in [4.69, 9.17) is 0 Å². The van der Waals surface area contributed by atoms with Crippen molar-refractivity contribution in [2.75, 3.05) is 13.1 Å². The largest absolute Gasteiger partial charge is 0.342 e. The van der Waals surface area contributed by atoms with Crippen LogP contribution in [0, 0.1) is 0 Å². The Balaban J connectivity index is 1.63. The molecule has 3 nitrogen and oxygen atoms in total. The minimum atomic E-state index is 0.209. The Morgan fingerprint density at radius 2 is 1.74 bits per heavy atom. The van der Waals surface area contributed by atoms with Gasteiger partial charge in [0, 0.05) is 32.4 Å². The first-order chi connectivity index (χ1) is 9.25. The number of likely N-dealkylation sites (tertiary alicyclic amines) is 1. The summed E-state index contributed by atoms with van der Waals surface area (Å²) in [6.07, 6.45) is 4.69. The van der Waals surface area contributed by atoms with Crippen LogP contribution in [-0.2, 0) is 16.0 Å². The molecule has 0 unspecified atom stereocenters. The van der Waals surface area contributed by atoms with Gasteiger partial charge in [-0.05, 0) is 24.8 Å². The number of aryl methyl sites for hydroxylation is 1. The van der Waals surface area contributed by atoms with Crippen molar-refractivity contribution in [3.63, 3.8) is 0 Å².